The molecule has 1 aliphatic carbocycles. The molecule has 70 heavy (non-hydrogen) atoms. The normalized spacial score (nSPS) is 12.6. The predicted molar refractivity (Wildman–Crippen MR) is 291 cm³/mol. The average molecular weight is 897 g/mol. The number of hydrogen-bond acceptors (Lipinski definition) is 3. The zero-order chi connectivity index (χ0) is 46.6. The first kappa shape index (κ1) is 41.3. The third kappa shape index (κ3) is 6.65. The number of fused-ring (bicyclic) bond motifs is 11. The number of anilines is 5. The van der Waals surface area contributed by atoms with Gasteiger partial charge in [-0.25, -0.2) is 0 Å². The molecular weight excluding hydrogens is 849 g/mol. The molecule has 0 saturated carbocycles. The van der Waals surface area contributed by atoms with Crippen LogP contribution in [0.15, 0.2) is 255 Å². The molecule has 1 spiro atoms. The molecule has 0 bridgehead atoms. The Bertz CT molecular complexity index is 3720. The first-order valence-corrected chi connectivity index (χ1v) is 24.3. The maximum absolute atomic E-state index is 6.80. The quantitative estimate of drug-likeness (QED) is 0.156. The van der Waals surface area contributed by atoms with Crippen LogP contribution in [0.1, 0.15) is 34.7 Å². The summed E-state index contributed by atoms with van der Waals surface area (Å²) in [6.45, 7) is 2.24. The van der Waals surface area contributed by atoms with Gasteiger partial charge in [-0.1, -0.05) is 195 Å². The van der Waals surface area contributed by atoms with Crippen molar-refractivity contribution in [3.8, 4) is 56.0 Å². The van der Waals surface area contributed by atoms with Gasteiger partial charge >= 0.3 is 0 Å². The largest absolute Gasteiger partial charge is 0.457 e. The fraction of sp³-hybridized carbons (Fsp3) is 0.0448. The van der Waals surface area contributed by atoms with E-state index in [-0.39, 0.29) is 0 Å². The second kappa shape index (κ2) is 17.0. The zero-order valence-electron chi connectivity index (χ0n) is 38.8. The first-order valence-electron chi connectivity index (χ1n) is 24.3. The lowest BCUT2D eigenvalue weighted by molar-refractivity contribution is 0.437. The number of nitrogens with zero attached hydrogens (tertiary/aromatic N) is 1. The minimum atomic E-state index is -0.654. The smallest absolute Gasteiger partial charge is 0.132 e. The van der Waals surface area contributed by atoms with Gasteiger partial charge < -0.3 is 15.0 Å². The van der Waals surface area contributed by atoms with Crippen molar-refractivity contribution in [2.45, 2.75) is 18.8 Å². The summed E-state index contributed by atoms with van der Waals surface area (Å²) in [7, 11) is 0. The molecule has 13 rings (SSSR count). The summed E-state index contributed by atoms with van der Waals surface area (Å²) in [6.07, 6.45) is 0.928. The molecule has 2 aliphatic rings. The van der Waals surface area contributed by atoms with E-state index in [2.05, 4.69) is 272 Å². The maximum Gasteiger partial charge on any atom is 0.132 e. The molecule has 1 heterocycles. The molecule has 332 valence electrons. The minimum Gasteiger partial charge on any atom is -0.457 e. The first-order chi connectivity index (χ1) is 34.7. The molecule has 1 N–H and O–H groups in total. The van der Waals surface area contributed by atoms with Crippen LogP contribution in [-0.4, -0.2) is 0 Å². The van der Waals surface area contributed by atoms with Gasteiger partial charge in [0.15, 0.2) is 0 Å². The van der Waals surface area contributed by atoms with Crippen molar-refractivity contribution in [1.82, 2.24) is 0 Å². The summed E-state index contributed by atoms with van der Waals surface area (Å²) in [6, 6.07) is 92.6. The lowest BCUT2D eigenvalue weighted by atomic mass is 9.65. The van der Waals surface area contributed by atoms with E-state index in [1.54, 1.807) is 0 Å². The average Bonchev–Trinajstić information content (AvgIpc) is 3.72. The Labute approximate surface area is 409 Å². The highest BCUT2D eigenvalue weighted by Crippen LogP contribution is 2.64. The number of hydrogen-bond donors (Lipinski definition) is 1. The molecule has 3 nitrogen and oxygen atoms in total. The van der Waals surface area contributed by atoms with Crippen LogP contribution in [0.3, 0.4) is 0 Å². The number of nitrogens with one attached hydrogen (secondary N) is 1. The van der Waals surface area contributed by atoms with Crippen molar-refractivity contribution in [2.75, 3.05) is 10.2 Å². The molecule has 0 aromatic heterocycles. The summed E-state index contributed by atoms with van der Waals surface area (Å²) in [5.41, 5.74) is 20.4. The summed E-state index contributed by atoms with van der Waals surface area (Å²) < 4.78 is 6.80. The second-order valence-corrected chi connectivity index (χ2v) is 18.3. The molecule has 11 aromatic rings. The van der Waals surface area contributed by atoms with Crippen molar-refractivity contribution in [3.05, 3.63) is 283 Å². The van der Waals surface area contributed by atoms with Crippen LogP contribution < -0.4 is 15.0 Å². The summed E-state index contributed by atoms with van der Waals surface area (Å²) in [4.78, 5) is 2.45. The Kier molecular flexibility index (Phi) is 10.0. The molecular formula is C67H48N2O. The van der Waals surface area contributed by atoms with E-state index < -0.39 is 5.41 Å². The lowest BCUT2D eigenvalue weighted by Crippen LogP contribution is -2.32. The number of rotatable bonds is 9. The highest BCUT2D eigenvalue weighted by molar-refractivity contribution is 6.02. The van der Waals surface area contributed by atoms with Crippen LogP contribution >= 0.6 is 0 Å². The molecule has 0 saturated heterocycles. The molecule has 1 aliphatic heterocycles. The fourth-order valence-corrected chi connectivity index (χ4v) is 11.4. The minimum absolute atomic E-state index is 0.654. The van der Waals surface area contributed by atoms with Gasteiger partial charge in [-0.05, 0) is 134 Å². The highest BCUT2D eigenvalue weighted by atomic mass is 16.5. The van der Waals surface area contributed by atoms with Crippen molar-refractivity contribution in [3.63, 3.8) is 0 Å². The third-order valence-corrected chi connectivity index (χ3v) is 14.5. The van der Waals surface area contributed by atoms with Gasteiger partial charge in [-0.3, -0.25) is 0 Å². The van der Waals surface area contributed by atoms with E-state index >= 15 is 0 Å². The molecule has 11 aromatic carbocycles. The van der Waals surface area contributed by atoms with Gasteiger partial charge in [-0.2, -0.15) is 0 Å². The van der Waals surface area contributed by atoms with Crippen LogP contribution in [-0.2, 0) is 11.8 Å². The maximum atomic E-state index is 6.80. The van der Waals surface area contributed by atoms with Gasteiger partial charge in [-0.15, -0.1) is 0 Å². The topological polar surface area (TPSA) is 24.5 Å². The van der Waals surface area contributed by atoms with Crippen molar-refractivity contribution in [2.24, 2.45) is 0 Å². The molecule has 0 radical (unpaired) electrons. The Morgan fingerprint density at radius 1 is 0.414 bits per heavy atom. The Morgan fingerprint density at radius 3 is 1.80 bits per heavy atom. The lowest BCUT2D eigenvalue weighted by Gasteiger charge is -2.40. The number of ether oxygens (including phenoxy) is 1. The van der Waals surface area contributed by atoms with Gasteiger partial charge in [0.05, 0.1) is 11.1 Å². The van der Waals surface area contributed by atoms with Gasteiger partial charge in [0, 0.05) is 45.0 Å². The van der Waals surface area contributed by atoms with E-state index in [1.165, 1.54) is 55.3 Å². The Balaban J connectivity index is 0.996. The molecule has 3 heteroatoms. The van der Waals surface area contributed by atoms with E-state index in [4.69, 9.17) is 4.74 Å². The summed E-state index contributed by atoms with van der Waals surface area (Å²) >= 11 is 0. The van der Waals surface area contributed by atoms with Gasteiger partial charge in [0.25, 0.3) is 0 Å². The second-order valence-electron chi connectivity index (χ2n) is 18.3. The standard InChI is InChI=1S/C67H48N2O/c1-2-45-33-34-49(43-58(45)56-26-11-15-29-62(56)68-50-22-7-4-8-23-50)46-35-38-51(39-36-46)69(63-30-16-12-24-53(63)47-19-5-3-6-20-47)52-40-42-55-57-41-37-48-21-9-10-25-54(48)66(57)67(61(55)44-52)59-27-13-17-31-64(59)70-65-32-18-14-28-60(65)67/h3-44,68H,2H2,1H3. The van der Waals surface area contributed by atoms with Gasteiger partial charge in [0.1, 0.15) is 11.5 Å². The van der Waals surface area contributed by atoms with Crippen LogP contribution in [0.4, 0.5) is 28.4 Å². The summed E-state index contributed by atoms with van der Waals surface area (Å²) in [5, 5.41) is 6.16. The number of benzene rings is 11. The van der Waals surface area contributed by atoms with E-state index in [0.29, 0.717) is 0 Å². The molecule has 0 fully saturated rings. The Morgan fingerprint density at radius 2 is 1.03 bits per heavy atom. The SMILES string of the molecule is CCc1ccc(-c2ccc(N(c3ccc4c(c3)C3(c5ccccc5Oc5ccccc53)c3c-4ccc4ccccc34)c3ccccc3-c3ccccc3)cc2)cc1-c1ccccc1Nc1ccccc1. The molecule has 0 amide bonds. The molecule has 0 atom stereocenters. The van der Waals surface area contributed by atoms with E-state index in [1.807, 2.05) is 0 Å². The van der Waals surface area contributed by atoms with Crippen molar-refractivity contribution >= 4 is 39.2 Å². The van der Waals surface area contributed by atoms with Crippen LogP contribution in [0.5, 0.6) is 11.5 Å². The summed E-state index contributed by atoms with van der Waals surface area (Å²) in [5.74, 6) is 1.76. The van der Waals surface area contributed by atoms with Crippen molar-refractivity contribution in [1.29, 1.82) is 0 Å². The highest BCUT2D eigenvalue weighted by Gasteiger charge is 2.52. The van der Waals surface area contributed by atoms with E-state index in [9.17, 15) is 0 Å². The van der Waals surface area contributed by atoms with E-state index in [0.717, 1.165) is 74.2 Å². The molecule has 0 unspecified atom stereocenters. The third-order valence-electron chi connectivity index (χ3n) is 14.5. The number of aryl methyl sites for hydroxylation is 1. The predicted octanol–water partition coefficient (Wildman–Crippen LogP) is 18.1. The zero-order valence-corrected chi connectivity index (χ0v) is 38.8. The Hall–Kier alpha value is -8.92. The van der Waals surface area contributed by atoms with Gasteiger partial charge in [0.2, 0.25) is 0 Å². The fourth-order valence-electron chi connectivity index (χ4n) is 11.4. The van der Waals surface area contributed by atoms with Crippen LogP contribution in [0.25, 0.3) is 55.3 Å². The van der Waals surface area contributed by atoms with Crippen LogP contribution in [0.2, 0.25) is 0 Å². The number of para-hydroxylation sites is 5. The monoisotopic (exact) mass is 896 g/mol. The van der Waals surface area contributed by atoms with Crippen LogP contribution in [0, 0.1) is 0 Å². The van der Waals surface area contributed by atoms with Crippen molar-refractivity contribution < 1.29 is 4.74 Å².